The maximum absolute atomic E-state index is 5.23. The third-order valence-corrected chi connectivity index (χ3v) is 3.88. The number of nitrogens with zero attached hydrogens (tertiary/aromatic N) is 4. The Morgan fingerprint density at radius 1 is 0.840 bits per heavy atom. The van der Waals surface area contributed by atoms with Crippen LogP contribution in [0.3, 0.4) is 0 Å². The predicted molar refractivity (Wildman–Crippen MR) is 97.8 cm³/mol. The van der Waals surface area contributed by atoms with E-state index in [0.29, 0.717) is 5.82 Å². The summed E-state index contributed by atoms with van der Waals surface area (Å²) in [6, 6.07) is 23.3. The highest BCUT2D eigenvalue weighted by atomic mass is 16.5. The number of hydrogen-bond acceptors (Lipinski definition) is 4. The van der Waals surface area contributed by atoms with Crippen LogP contribution in [0.5, 0.6) is 5.75 Å². The van der Waals surface area contributed by atoms with Crippen LogP contribution in [0, 0.1) is 0 Å². The van der Waals surface area contributed by atoms with Crippen molar-refractivity contribution in [2.75, 3.05) is 7.11 Å². The number of rotatable bonds is 4. The van der Waals surface area contributed by atoms with E-state index in [4.69, 9.17) is 9.72 Å². The molecule has 2 aromatic heterocycles. The number of pyridine rings is 1. The van der Waals surface area contributed by atoms with Gasteiger partial charge in [-0.1, -0.05) is 24.3 Å². The number of aromatic nitrogens is 2. The molecule has 122 valence electrons. The van der Waals surface area contributed by atoms with Gasteiger partial charge in [0.05, 0.1) is 12.8 Å². The molecule has 0 aliphatic heterocycles. The Labute approximate surface area is 145 Å². The third-order valence-electron chi connectivity index (χ3n) is 3.88. The maximum atomic E-state index is 5.23. The summed E-state index contributed by atoms with van der Waals surface area (Å²) >= 11 is 0. The summed E-state index contributed by atoms with van der Waals surface area (Å²) in [5, 5.41) is 8.84. The van der Waals surface area contributed by atoms with Gasteiger partial charge in [-0.25, -0.2) is 4.98 Å². The Bertz CT molecular complexity index is 1020. The molecule has 0 amide bonds. The fourth-order valence-corrected chi connectivity index (χ4v) is 2.62. The van der Waals surface area contributed by atoms with Crippen LogP contribution in [0.1, 0.15) is 0 Å². The summed E-state index contributed by atoms with van der Waals surface area (Å²) in [6.07, 6.45) is 1.94. The van der Waals surface area contributed by atoms with Crippen LogP contribution in [0.2, 0.25) is 0 Å². The molecule has 0 N–H and O–H groups in total. The first-order valence-electron chi connectivity index (χ1n) is 7.93. The van der Waals surface area contributed by atoms with Crippen LogP contribution in [0.15, 0.2) is 89.2 Å². The van der Waals surface area contributed by atoms with Crippen LogP contribution >= 0.6 is 0 Å². The topological polar surface area (TPSA) is 51.2 Å². The SMILES string of the molecule is COc1ccc(-c2nc3ccccn3c2/N=N/c2ccccc2)cc1. The lowest BCUT2D eigenvalue weighted by Crippen LogP contribution is -1.83. The number of methoxy groups -OCH3 is 1. The third kappa shape index (κ3) is 2.99. The van der Waals surface area contributed by atoms with Crippen LogP contribution in [0.4, 0.5) is 11.5 Å². The van der Waals surface area contributed by atoms with Crippen molar-refractivity contribution in [3.63, 3.8) is 0 Å². The quantitative estimate of drug-likeness (QED) is 0.469. The normalized spacial score (nSPS) is 11.2. The Morgan fingerprint density at radius 2 is 1.60 bits per heavy atom. The molecule has 0 radical (unpaired) electrons. The van der Waals surface area contributed by atoms with Crippen molar-refractivity contribution >= 4 is 17.2 Å². The summed E-state index contributed by atoms with van der Waals surface area (Å²) in [5.41, 5.74) is 3.38. The van der Waals surface area contributed by atoms with Crippen molar-refractivity contribution in [3.8, 4) is 17.0 Å². The molecule has 2 heterocycles. The summed E-state index contributed by atoms with van der Waals surface area (Å²) < 4.78 is 7.17. The van der Waals surface area contributed by atoms with E-state index in [1.54, 1.807) is 7.11 Å². The molecule has 0 unspecified atom stereocenters. The first-order chi connectivity index (χ1) is 12.3. The van der Waals surface area contributed by atoms with Gasteiger partial charge in [0.15, 0.2) is 5.82 Å². The van der Waals surface area contributed by atoms with E-state index in [0.717, 1.165) is 28.3 Å². The number of ether oxygens (including phenoxy) is 1. The first kappa shape index (κ1) is 15.1. The molecule has 0 spiro atoms. The minimum atomic E-state index is 0.699. The van der Waals surface area contributed by atoms with E-state index in [2.05, 4.69) is 10.2 Å². The van der Waals surface area contributed by atoms with Crippen molar-refractivity contribution < 1.29 is 4.74 Å². The van der Waals surface area contributed by atoms with Gasteiger partial charge in [0, 0.05) is 11.8 Å². The molecule has 25 heavy (non-hydrogen) atoms. The number of fused-ring (bicyclic) bond motifs is 1. The van der Waals surface area contributed by atoms with E-state index in [-0.39, 0.29) is 0 Å². The Kier molecular flexibility index (Phi) is 3.96. The molecule has 0 fully saturated rings. The van der Waals surface area contributed by atoms with Crippen LogP contribution in [-0.4, -0.2) is 16.5 Å². The molecule has 5 nitrogen and oxygen atoms in total. The lowest BCUT2D eigenvalue weighted by molar-refractivity contribution is 0.415. The van der Waals surface area contributed by atoms with Crippen LogP contribution < -0.4 is 4.74 Å². The molecule has 0 bridgehead atoms. The van der Waals surface area contributed by atoms with Crippen molar-refractivity contribution in [2.45, 2.75) is 0 Å². The van der Waals surface area contributed by atoms with Gasteiger partial charge in [-0.05, 0) is 48.5 Å². The van der Waals surface area contributed by atoms with Gasteiger partial charge in [-0.3, -0.25) is 4.40 Å². The van der Waals surface area contributed by atoms with Crippen molar-refractivity contribution in [3.05, 3.63) is 79.0 Å². The zero-order valence-electron chi connectivity index (χ0n) is 13.7. The summed E-state index contributed by atoms with van der Waals surface area (Å²) in [7, 11) is 1.65. The molecule has 5 heteroatoms. The standard InChI is InChI=1S/C20H16N4O/c1-25-17-12-10-15(11-13-17)19-20(23-22-16-7-3-2-4-8-16)24-14-6-5-9-18(24)21-19/h2-14H,1H3/b23-22+. The molecular weight excluding hydrogens is 312 g/mol. The van der Waals surface area contributed by atoms with Crippen molar-refractivity contribution in [1.29, 1.82) is 0 Å². The largest absolute Gasteiger partial charge is 0.497 e. The second-order valence-corrected chi connectivity index (χ2v) is 5.48. The van der Waals surface area contributed by atoms with E-state index in [1.807, 2.05) is 83.4 Å². The zero-order valence-corrected chi connectivity index (χ0v) is 13.7. The van der Waals surface area contributed by atoms with Crippen LogP contribution in [-0.2, 0) is 0 Å². The maximum Gasteiger partial charge on any atom is 0.187 e. The molecule has 2 aromatic carbocycles. The average Bonchev–Trinajstić information content (AvgIpc) is 3.06. The highest BCUT2D eigenvalue weighted by molar-refractivity contribution is 5.74. The van der Waals surface area contributed by atoms with Gasteiger partial charge in [0.25, 0.3) is 0 Å². The summed E-state index contributed by atoms with van der Waals surface area (Å²) in [6.45, 7) is 0. The number of hydrogen-bond donors (Lipinski definition) is 0. The molecule has 0 saturated heterocycles. The number of imidazole rings is 1. The van der Waals surface area contributed by atoms with E-state index < -0.39 is 0 Å². The smallest absolute Gasteiger partial charge is 0.187 e. The van der Waals surface area contributed by atoms with Gasteiger partial charge in [0.2, 0.25) is 0 Å². The van der Waals surface area contributed by atoms with Gasteiger partial charge in [-0.15, -0.1) is 10.2 Å². The molecule has 4 rings (SSSR count). The fourth-order valence-electron chi connectivity index (χ4n) is 2.62. The summed E-state index contributed by atoms with van der Waals surface area (Å²) in [4.78, 5) is 4.72. The molecule has 0 aliphatic rings. The molecule has 4 aromatic rings. The highest BCUT2D eigenvalue weighted by Crippen LogP contribution is 2.33. The molecule has 0 atom stereocenters. The van der Waals surface area contributed by atoms with E-state index in [9.17, 15) is 0 Å². The Balaban J connectivity index is 1.84. The summed E-state index contributed by atoms with van der Waals surface area (Å²) in [5.74, 6) is 1.50. The molecular formula is C20H16N4O. The fraction of sp³-hybridized carbons (Fsp3) is 0.0500. The zero-order chi connectivity index (χ0) is 17.1. The lowest BCUT2D eigenvalue weighted by Gasteiger charge is -2.02. The van der Waals surface area contributed by atoms with Crippen molar-refractivity contribution in [2.24, 2.45) is 10.2 Å². The molecule has 0 saturated carbocycles. The van der Waals surface area contributed by atoms with Gasteiger partial charge < -0.3 is 4.74 Å². The minimum absolute atomic E-state index is 0.699. The number of azo groups is 1. The van der Waals surface area contributed by atoms with Gasteiger partial charge in [-0.2, -0.15) is 0 Å². The van der Waals surface area contributed by atoms with Gasteiger partial charge >= 0.3 is 0 Å². The second-order valence-electron chi connectivity index (χ2n) is 5.48. The number of benzene rings is 2. The Morgan fingerprint density at radius 3 is 2.36 bits per heavy atom. The first-order valence-corrected chi connectivity index (χ1v) is 7.93. The monoisotopic (exact) mass is 328 g/mol. The predicted octanol–water partition coefficient (Wildman–Crippen LogP) is 5.43. The minimum Gasteiger partial charge on any atom is -0.497 e. The highest BCUT2D eigenvalue weighted by Gasteiger charge is 2.13. The van der Waals surface area contributed by atoms with Gasteiger partial charge in [0.1, 0.15) is 17.1 Å². The van der Waals surface area contributed by atoms with E-state index in [1.165, 1.54) is 0 Å². The lowest BCUT2D eigenvalue weighted by atomic mass is 10.1. The van der Waals surface area contributed by atoms with Crippen molar-refractivity contribution in [1.82, 2.24) is 9.38 Å². The molecule has 0 aliphatic carbocycles. The Hall–Kier alpha value is -3.47. The van der Waals surface area contributed by atoms with Crippen LogP contribution in [0.25, 0.3) is 16.9 Å². The average molecular weight is 328 g/mol. The van der Waals surface area contributed by atoms with E-state index >= 15 is 0 Å². The second kappa shape index (κ2) is 6.57.